The predicted molar refractivity (Wildman–Crippen MR) is 107 cm³/mol. The lowest BCUT2D eigenvalue weighted by Gasteiger charge is -2.44. The molecule has 2 aromatic rings. The number of hydrogen-bond acceptors (Lipinski definition) is 2. The van der Waals surface area contributed by atoms with Gasteiger partial charge in [-0.05, 0) is 40.5 Å². The Labute approximate surface area is 151 Å². The molecular formula is C20H30N2O2Si. The first-order valence-electron chi connectivity index (χ1n) is 9.07. The second kappa shape index (κ2) is 7.56. The third-order valence-electron chi connectivity index (χ3n) is 5.40. The van der Waals surface area contributed by atoms with Crippen molar-refractivity contribution in [1.29, 1.82) is 0 Å². The minimum absolute atomic E-state index is 0.0349. The van der Waals surface area contributed by atoms with E-state index in [2.05, 4.69) is 58.0 Å². The minimum Gasteiger partial charge on any atom is -0.481 e. The molecule has 0 saturated carbocycles. The molecule has 0 aliphatic rings. The van der Waals surface area contributed by atoms with Gasteiger partial charge in [0.1, 0.15) is 5.65 Å². The second-order valence-corrected chi connectivity index (χ2v) is 13.4. The fraction of sp³-hybridized carbons (Fsp3) is 0.500. The molecule has 0 bridgehead atoms. The molecule has 2 heterocycles. The molecule has 4 nitrogen and oxygen atoms in total. The third-order valence-corrected chi connectivity index (χ3v) is 12.1. The molecule has 0 radical (unpaired) electrons. The van der Waals surface area contributed by atoms with Crippen LogP contribution in [0.3, 0.4) is 0 Å². The number of rotatable bonds is 7. The summed E-state index contributed by atoms with van der Waals surface area (Å²) < 4.78 is 2.48. The van der Waals surface area contributed by atoms with E-state index in [1.807, 2.05) is 18.3 Å². The second-order valence-electron chi connectivity index (χ2n) is 7.67. The molecule has 0 spiro atoms. The van der Waals surface area contributed by atoms with Crippen LogP contribution >= 0.6 is 0 Å². The van der Waals surface area contributed by atoms with Crippen LogP contribution in [-0.2, 0) is 4.79 Å². The van der Waals surface area contributed by atoms with Crippen LogP contribution in [0, 0.1) is 0 Å². The molecule has 0 amide bonds. The highest BCUT2D eigenvalue weighted by atomic mass is 28.3. The first-order chi connectivity index (χ1) is 11.7. The fourth-order valence-electron chi connectivity index (χ4n) is 4.64. The maximum Gasteiger partial charge on any atom is 0.307 e. The van der Waals surface area contributed by atoms with Gasteiger partial charge < -0.3 is 9.34 Å². The average molecular weight is 359 g/mol. The summed E-state index contributed by atoms with van der Waals surface area (Å²) in [6, 6.07) is 4.09. The Morgan fingerprint density at radius 3 is 2.28 bits per heavy atom. The maximum absolute atomic E-state index is 10.8. The van der Waals surface area contributed by atoms with Crippen LogP contribution in [0.2, 0.25) is 16.6 Å². The summed E-state index contributed by atoms with van der Waals surface area (Å²) >= 11 is 0. The van der Waals surface area contributed by atoms with Crippen molar-refractivity contribution < 1.29 is 9.90 Å². The van der Waals surface area contributed by atoms with Crippen LogP contribution in [0.4, 0.5) is 0 Å². The van der Waals surface area contributed by atoms with E-state index in [9.17, 15) is 4.79 Å². The summed E-state index contributed by atoms with van der Waals surface area (Å²) in [6.07, 6.45) is 7.67. The molecule has 0 unspecified atom stereocenters. The Balaban J connectivity index is 2.64. The topological polar surface area (TPSA) is 55.1 Å². The molecule has 25 heavy (non-hydrogen) atoms. The average Bonchev–Trinajstić information content (AvgIpc) is 2.92. The molecule has 0 aliphatic carbocycles. The summed E-state index contributed by atoms with van der Waals surface area (Å²) in [5.74, 6) is -0.815. The normalized spacial score (nSPS) is 13.0. The summed E-state index contributed by atoms with van der Waals surface area (Å²) in [5, 5.41) is 9.94. The van der Waals surface area contributed by atoms with Crippen LogP contribution < -0.4 is 0 Å². The van der Waals surface area contributed by atoms with Gasteiger partial charge in [-0.1, -0.05) is 53.7 Å². The van der Waals surface area contributed by atoms with Gasteiger partial charge in [0.05, 0.1) is 6.42 Å². The van der Waals surface area contributed by atoms with E-state index in [1.54, 1.807) is 6.08 Å². The number of pyridine rings is 1. The Bertz CT molecular complexity index is 753. The van der Waals surface area contributed by atoms with Gasteiger partial charge in [0.2, 0.25) is 0 Å². The van der Waals surface area contributed by atoms with Crippen LogP contribution in [0.25, 0.3) is 17.1 Å². The van der Waals surface area contributed by atoms with Crippen molar-refractivity contribution in [3.8, 4) is 0 Å². The van der Waals surface area contributed by atoms with Crippen LogP contribution in [0.1, 0.15) is 53.5 Å². The first kappa shape index (κ1) is 19.4. The minimum atomic E-state index is -1.85. The molecule has 0 saturated heterocycles. The Kier molecular flexibility index (Phi) is 5.88. The van der Waals surface area contributed by atoms with E-state index in [1.165, 1.54) is 0 Å². The molecule has 0 aromatic carbocycles. The SMILES string of the molecule is CC(C)[Si](C(C)C)(C(C)C)n1ccc2c(/C=C/CC(=O)O)ccnc21. The smallest absolute Gasteiger partial charge is 0.307 e. The molecule has 2 rings (SSSR count). The molecule has 1 N–H and O–H groups in total. The van der Waals surface area contributed by atoms with Crippen molar-refractivity contribution in [2.45, 2.75) is 64.6 Å². The van der Waals surface area contributed by atoms with Crippen molar-refractivity contribution in [2.24, 2.45) is 0 Å². The molecule has 0 atom stereocenters. The van der Waals surface area contributed by atoms with Crippen molar-refractivity contribution in [3.05, 3.63) is 36.2 Å². The lowest BCUT2D eigenvalue weighted by molar-refractivity contribution is -0.135. The summed E-state index contributed by atoms with van der Waals surface area (Å²) in [5.41, 5.74) is 3.84. The van der Waals surface area contributed by atoms with E-state index in [4.69, 9.17) is 10.1 Å². The van der Waals surface area contributed by atoms with E-state index < -0.39 is 14.2 Å². The number of fused-ring (bicyclic) bond motifs is 1. The van der Waals surface area contributed by atoms with Gasteiger partial charge in [0, 0.05) is 11.6 Å². The lowest BCUT2D eigenvalue weighted by atomic mass is 10.1. The highest BCUT2D eigenvalue weighted by Gasteiger charge is 2.45. The van der Waals surface area contributed by atoms with E-state index in [-0.39, 0.29) is 6.42 Å². The fourth-order valence-corrected chi connectivity index (χ4v) is 11.2. The van der Waals surface area contributed by atoms with Crippen molar-refractivity contribution in [2.75, 3.05) is 0 Å². The number of aromatic nitrogens is 2. The van der Waals surface area contributed by atoms with Crippen molar-refractivity contribution in [3.63, 3.8) is 0 Å². The summed E-state index contributed by atoms with van der Waals surface area (Å²) in [4.78, 5) is 15.5. The number of carboxylic acids is 1. The van der Waals surface area contributed by atoms with Crippen LogP contribution in [0.15, 0.2) is 30.6 Å². The zero-order valence-corrected chi connectivity index (χ0v) is 17.2. The molecule has 5 heteroatoms. The highest BCUT2D eigenvalue weighted by molar-refractivity contribution is 6.82. The van der Waals surface area contributed by atoms with Crippen LogP contribution in [0.5, 0.6) is 0 Å². The number of carboxylic acid groups (broad SMARTS) is 1. The Hall–Kier alpha value is -1.88. The number of nitrogens with zero attached hydrogens (tertiary/aromatic N) is 2. The number of aliphatic carboxylic acids is 1. The quantitative estimate of drug-likeness (QED) is 0.660. The van der Waals surface area contributed by atoms with E-state index in [0.29, 0.717) is 16.6 Å². The third kappa shape index (κ3) is 3.43. The molecular weight excluding hydrogens is 328 g/mol. The largest absolute Gasteiger partial charge is 0.481 e. The van der Waals surface area contributed by atoms with Gasteiger partial charge in [0.15, 0.2) is 8.24 Å². The standard InChI is InChI=1S/C20H30N2O2Si/c1-14(2)25(15(3)4,16(5)6)22-13-11-18-17(8-7-9-19(23)24)10-12-21-20(18)22/h7-8,10-16H,9H2,1-6H3,(H,23,24)/b8-7+. The molecule has 136 valence electrons. The zero-order valence-electron chi connectivity index (χ0n) is 16.2. The number of carbonyl (C=O) groups is 1. The van der Waals surface area contributed by atoms with Gasteiger partial charge in [-0.15, -0.1) is 0 Å². The van der Waals surface area contributed by atoms with Crippen molar-refractivity contribution >= 4 is 31.3 Å². The maximum atomic E-state index is 10.8. The summed E-state index contributed by atoms with van der Waals surface area (Å²) in [6.45, 7) is 14.1. The van der Waals surface area contributed by atoms with Gasteiger partial charge >= 0.3 is 5.97 Å². The number of hydrogen-bond donors (Lipinski definition) is 1. The van der Waals surface area contributed by atoms with Gasteiger partial charge in [-0.3, -0.25) is 4.79 Å². The van der Waals surface area contributed by atoms with E-state index >= 15 is 0 Å². The van der Waals surface area contributed by atoms with Crippen molar-refractivity contribution in [1.82, 2.24) is 9.22 Å². The van der Waals surface area contributed by atoms with Gasteiger partial charge in [-0.2, -0.15) is 0 Å². The Morgan fingerprint density at radius 1 is 1.16 bits per heavy atom. The van der Waals surface area contributed by atoms with Gasteiger partial charge in [-0.25, -0.2) is 4.98 Å². The molecule has 0 fully saturated rings. The zero-order chi connectivity index (χ0) is 18.8. The molecule has 2 aromatic heterocycles. The highest BCUT2D eigenvalue weighted by Crippen LogP contribution is 2.44. The Morgan fingerprint density at radius 2 is 1.76 bits per heavy atom. The summed E-state index contributed by atoms with van der Waals surface area (Å²) in [7, 11) is -1.85. The van der Waals surface area contributed by atoms with E-state index in [0.717, 1.165) is 16.6 Å². The lowest BCUT2D eigenvalue weighted by Crippen LogP contribution is -2.51. The monoisotopic (exact) mass is 358 g/mol. The van der Waals surface area contributed by atoms with Crippen LogP contribution in [-0.4, -0.2) is 28.5 Å². The van der Waals surface area contributed by atoms with Gasteiger partial charge in [0.25, 0.3) is 0 Å². The first-order valence-corrected chi connectivity index (χ1v) is 11.3. The predicted octanol–water partition coefficient (Wildman–Crippen LogP) is 5.55. The molecule has 0 aliphatic heterocycles.